The van der Waals surface area contributed by atoms with E-state index in [0.717, 1.165) is 5.69 Å². The van der Waals surface area contributed by atoms with Gasteiger partial charge in [0.25, 0.3) is 5.91 Å². The smallest absolute Gasteiger partial charge is 0.255 e. The summed E-state index contributed by atoms with van der Waals surface area (Å²) < 4.78 is 0. The summed E-state index contributed by atoms with van der Waals surface area (Å²) >= 11 is 0. The van der Waals surface area contributed by atoms with Crippen molar-refractivity contribution in [3.63, 3.8) is 0 Å². The van der Waals surface area contributed by atoms with E-state index < -0.39 is 52.6 Å². The minimum absolute atomic E-state index is 0.0234. The Morgan fingerprint density at radius 3 is 2.38 bits per heavy atom. The van der Waals surface area contributed by atoms with Crippen molar-refractivity contribution in [1.29, 1.82) is 0 Å². The number of allylic oxidation sites excluding steroid dienone is 1. The molecule has 2 unspecified atom stereocenters. The van der Waals surface area contributed by atoms with Gasteiger partial charge in [-0.25, -0.2) is 0 Å². The highest BCUT2D eigenvalue weighted by Gasteiger charge is 2.56. The monoisotopic (exact) mass is 552 g/mol. The summed E-state index contributed by atoms with van der Waals surface area (Å²) in [6, 6.07) is 1.18. The summed E-state index contributed by atoms with van der Waals surface area (Å²) in [6.45, 7) is 7.76. The molecular weight excluding hydrogens is 512 g/mol. The molecule has 0 saturated heterocycles. The lowest BCUT2D eigenvalue weighted by Crippen LogP contribution is -2.55. The van der Waals surface area contributed by atoms with E-state index in [-0.39, 0.29) is 34.7 Å². The number of carbonyl (C=O) groups is 3. The molecule has 40 heavy (non-hydrogen) atoms. The van der Waals surface area contributed by atoms with E-state index in [2.05, 4.69) is 11.9 Å². The Morgan fingerprint density at radius 1 is 1.18 bits per heavy atom. The number of phenolic OH excluding ortho intramolecular Hbond substituents is 1. The van der Waals surface area contributed by atoms with Gasteiger partial charge in [0.05, 0.1) is 17.5 Å². The van der Waals surface area contributed by atoms with Crippen LogP contribution in [0.2, 0.25) is 0 Å². The van der Waals surface area contributed by atoms with Crippen molar-refractivity contribution in [2.24, 2.45) is 23.5 Å². The van der Waals surface area contributed by atoms with Gasteiger partial charge in [-0.05, 0) is 76.2 Å². The zero-order chi connectivity index (χ0) is 29.8. The molecule has 0 aromatic heterocycles. The maximum absolute atomic E-state index is 14.0. The maximum atomic E-state index is 14.0. The Hall–Kier alpha value is -3.63. The van der Waals surface area contributed by atoms with Crippen LogP contribution in [-0.2, 0) is 27.2 Å². The largest absolute Gasteiger partial charge is 0.510 e. The number of nitrogens with two attached hydrogens (primary N) is 1. The number of likely N-dealkylation sites (N-methyl/N-ethyl adjacent to an activating group) is 1. The molecule has 216 valence electrons. The van der Waals surface area contributed by atoms with Crippen molar-refractivity contribution in [3.8, 4) is 5.75 Å². The van der Waals surface area contributed by atoms with Gasteiger partial charge in [0.1, 0.15) is 22.8 Å². The van der Waals surface area contributed by atoms with Crippen molar-refractivity contribution < 1.29 is 29.7 Å². The van der Waals surface area contributed by atoms with Crippen LogP contribution in [0.25, 0.3) is 5.76 Å². The lowest BCUT2D eigenvalue weighted by Gasteiger charge is -2.46. The Labute approximate surface area is 234 Å². The number of aromatic hydroxyl groups is 1. The number of benzene rings is 1. The number of hydrogen-bond donors (Lipinski definition) is 5. The molecule has 1 amide bonds. The minimum atomic E-state index is -1.27. The van der Waals surface area contributed by atoms with Gasteiger partial charge in [0, 0.05) is 37.4 Å². The molecular formula is C30H40N4O6. The van der Waals surface area contributed by atoms with Crippen LogP contribution in [0.1, 0.15) is 37.0 Å². The Morgan fingerprint density at radius 2 is 1.82 bits per heavy atom. The highest BCUT2D eigenvalue weighted by atomic mass is 16.3. The average Bonchev–Trinajstić information content (AvgIpc) is 2.84. The standard InChI is InChI=1S/C30H40N4O6/c1-8-13(2)32-14(3)9-16-12-19(33(4)5)17-10-15-11-18-22(27(37)20(15)26(36)21(17)25(16)35)28(38)23(30(31)40)29(39)24(18)34(6)7/h8,12-15,18,22,24,32,35-36,39H,1,9-11H2,2-7H3,(H2,31,40)/t13?,14-,15-,18+,22?,24-/m0/s1. The number of Topliss-reactive ketones (excluding diaryl/α,β-unsaturated/α-hetero) is 2. The number of hydrogen-bond acceptors (Lipinski definition) is 9. The van der Waals surface area contributed by atoms with E-state index in [4.69, 9.17) is 5.73 Å². The summed E-state index contributed by atoms with van der Waals surface area (Å²) in [5.74, 6) is -5.72. The number of fused-ring (bicyclic) bond motifs is 3. The summed E-state index contributed by atoms with van der Waals surface area (Å²) in [5.41, 5.74) is 7.28. The van der Waals surface area contributed by atoms with E-state index >= 15 is 0 Å². The molecule has 3 aliphatic carbocycles. The van der Waals surface area contributed by atoms with Crippen molar-refractivity contribution in [1.82, 2.24) is 10.2 Å². The fourth-order valence-corrected chi connectivity index (χ4v) is 6.83. The van der Waals surface area contributed by atoms with Crippen molar-refractivity contribution in [3.05, 3.63) is 52.3 Å². The molecule has 1 aromatic carbocycles. The van der Waals surface area contributed by atoms with Gasteiger partial charge in [-0.2, -0.15) is 0 Å². The zero-order valence-corrected chi connectivity index (χ0v) is 24.0. The number of aliphatic hydroxyl groups is 2. The number of nitrogens with zero attached hydrogens (tertiary/aromatic N) is 2. The average molecular weight is 553 g/mol. The number of primary amides is 1. The molecule has 0 bridgehead atoms. The number of rotatable bonds is 8. The van der Waals surface area contributed by atoms with E-state index in [1.54, 1.807) is 25.1 Å². The van der Waals surface area contributed by atoms with Crippen LogP contribution in [0.15, 0.2) is 35.6 Å². The first-order chi connectivity index (χ1) is 18.7. The second-order valence-corrected chi connectivity index (χ2v) is 11.7. The molecule has 3 aliphatic rings. The zero-order valence-electron chi connectivity index (χ0n) is 24.0. The minimum Gasteiger partial charge on any atom is -0.510 e. The fraction of sp³-hybridized carbons (Fsp3) is 0.500. The molecule has 10 nitrogen and oxygen atoms in total. The molecule has 6 atom stereocenters. The third-order valence-electron chi connectivity index (χ3n) is 8.53. The van der Waals surface area contributed by atoms with Crippen molar-refractivity contribution in [2.45, 2.75) is 51.2 Å². The number of nitrogens with one attached hydrogen (secondary N) is 1. The quantitative estimate of drug-likeness (QED) is 0.185. The number of aliphatic hydroxyl groups excluding tert-OH is 2. The Kier molecular flexibility index (Phi) is 7.88. The topological polar surface area (TPSA) is 156 Å². The van der Waals surface area contributed by atoms with Crippen LogP contribution >= 0.6 is 0 Å². The second-order valence-electron chi connectivity index (χ2n) is 11.7. The summed E-state index contributed by atoms with van der Waals surface area (Å²) in [7, 11) is 7.16. The van der Waals surface area contributed by atoms with Crippen LogP contribution < -0.4 is 16.0 Å². The highest BCUT2D eigenvalue weighted by Crippen LogP contribution is 2.52. The third-order valence-corrected chi connectivity index (χ3v) is 8.53. The molecule has 0 heterocycles. The summed E-state index contributed by atoms with van der Waals surface area (Å²) in [6.07, 6.45) is 2.92. The number of amides is 1. The first kappa shape index (κ1) is 29.4. The van der Waals surface area contributed by atoms with Crippen LogP contribution in [-0.4, -0.2) is 84.0 Å². The van der Waals surface area contributed by atoms with Gasteiger partial charge >= 0.3 is 0 Å². The molecule has 1 saturated carbocycles. The molecule has 1 fully saturated rings. The van der Waals surface area contributed by atoms with Crippen molar-refractivity contribution >= 4 is 28.9 Å². The van der Waals surface area contributed by atoms with E-state index in [1.165, 1.54) is 0 Å². The number of anilines is 1. The number of ketones is 2. The molecule has 0 aliphatic heterocycles. The van der Waals surface area contributed by atoms with Gasteiger partial charge in [-0.3, -0.25) is 19.3 Å². The van der Waals surface area contributed by atoms with Crippen LogP contribution in [0.3, 0.4) is 0 Å². The van der Waals surface area contributed by atoms with Gasteiger partial charge in [-0.15, -0.1) is 6.58 Å². The van der Waals surface area contributed by atoms with Crippen LogP contribution in [0, 0.1) is 17.8 Å². The predicted octanol–water partition coefficient (Wildman–Crippen LogP) is 2.01. The number of carbonyl (C=O) groups excluding carboxylic acids is 3. The van der Waals surface area contributed by atoms with Crippen LogP contribution in [0.4, 0.5) is 5.69 Å². The van der Waals surface area contributed by atoms with Gasteiger partial charge < -0.3 is 31.3 Å². The van der Waals surface area contributed by atoms with E-state index in [1.807, 2.05) is 38.9 Å². The SMILES string of the molecule is C=CC(C)N[C@@H](C)Cc1cc(N(C)C)c2c(c1O)C(O)=C1C(=O)C3C(=O)C(C(N)=O)=C(O)[C@@H](N(C)C)[C@@H]3C[C@@H]1C2. The molecule has 10 heteroatoms. The molecule has 0 spiro atoms. The summed E-state index contributed by atoms with van der Waals surface area (Å²) in [4.78, 5) is 43.1. The molecule has 4 rings (SSSR count). The summed E-state index contributed by atoms with van der Waals surface area (Å²) in [5, 5.41) is 37.3. The Balaban J connectivity index is 1.86. The maximum Gasteiger partial charge on any atom is 0.255 e. The van der Waals surface area contributed by atoms with E-state index in [9.17, 15) is 29.7 Å². The van der Waals surface area contributed by atoms with Gasteiger partial charge in [0.2, 0.25) is 0 Å². The van der Waals surface area contributed by atoms with Gasteiger partial charge in [-0.1, -0.05) is 6.08 Å². The lowest BCUT2D eigenvalue weighted by atomic mass is 9.59. The van der Waals surface area contributed by atoms with Crippen LogP contribution in [0.5, 0.6) is 5.75 Å². The third kappa shape index (κ3) is 4.69. The van der Waals surface area contributed by atoms with Gasteiger partial charge in [0.15, 0.2) is 11.6 Å². The predicted molar refractivity (Wildman–Crippen MR) is 153 cm³/mol. The molecule has 0 radical (unpaired) electrons. The highest BCUT2D eigenvalue weighted by molar-refractivity contribution is 6.28. The lowest BCUT2D eigenvalue weighted by molar-refractivity contribution is -0.136. The first-order valence-electron chi connectivity index (χ1n) is 13.6. The second kappa shape index (κ2) is 10.7. The fourth-order valence-electron chi connectivity index (χ4n) is 6.83. The van der Waals surface area contributed by atoms with E-state index in [0.29, 0.717) is 30.4 Å². The first-order valence-corrected chi connectivity index (χ1v) is 13.6. The molecule has 6 N–H and O–H groups in total. The normalized spacial score (nSPS) is 25.8. The Bertz CT molecular complexity index is 1340. The number of phenols is 1. The van der Waals surface area contributed by atoms with Crippen molar-refractivity contribution in [2.75, 3.05) is 33.1 Å². The molecule has 1 aromatic rings.